The van der Waals surface area contributed by atoms with Crippen LogP contribution in [0.5, 0.6) is 5.75 Å². The Morgan fingerprint density at radius 2 is 0.676 bits per heavy atom. The number of aliphatic hydroxyl groups is 1. The molecule has 18 rings (SSSR count). The highest BCUT2D eigenvalue weighted by atomic mass is 32.2. The Balaban J connectivity index is 0.000000146. The standard InChI is InChI=1S/C28H32N2O4.C25H32N2O7S.C24H31N3O4.C24H30N2O5.C12H18N2/c1-21-15-25(29-23(3)33-34-26-13-9-6-10-14-26)16-22(2)27(21)28(4)18-30(19-28)20-32-31-17-24-11-7-5-8-12-24;1-18-10-21(27-12-22(34-24(27)28)14-33-35(4,29)30)11-19(2)23(18)25(3)15-26(16-25)17-32-31-13-20-8-6-5-7-9-20;1-17-9-20(27-12-21(11-25)31-23(27)28)10-18(2)22(17)24(3)14-26(15-24)16-30-29-13-19-7-5-4-6-8-19;1-17-9-20(26-11-21(12-27)31-23(26)28)10-18(2)22(17)24(3)14-25(15-24)16-30-29-13-19-7-5-4-6-8-19;1-8-4-10(13)5-9(2)11(8)12(3)6-14-7-12/h5-16H,17-20H2,1-4H3;5-11,22H,12-17H2,1-4H3;4-10,21H,11-16,25H2,1-3H3;4-10,21,27H,11-16H2,1-3H3;4-5,14H,6-7,13H2,1-3H3/t;22-;2*21-;/m.101./s1. The molecule has 0 bridgehead atoms. The molecule has 8 fully saturated rings. The van der Waals surface area contributed by atoms with E-state index in [1.807, 2.05) is 190 Å². The van der Waals surface area contributed by atoms with Crippen LogP contribution in [0.3, 0.4) is 0 Å². The fraction of sp³-hybridized carbons (Fsp3) is 0.434. The molecule has 8 aliphatic heterocycles. The van der Waals surface area contributed by atoms with E-state index in [4.69, 9.17) is 78.7 Å². The summed E-state index contributed by atoms with van der Waals surface area (Å²) in [4.78, 5) is 109. The van der Waals surface area contributed by atoms with Crippen LogP contribution in [0, 0.1) is 69.2 Å². The summed E-state index contributed by atoms with van der Waals surface area (Å²) in [6.45, 7) is 48.0. The van der Waals surface area contributed by atoms with Gasteiger partial charge in [-0.25, -0.2) is 58.5 Å². The number of carbonyl (C=O) groups is 3. The number of ether oxygens (including phenoxy) is 3. The van der Waals surface area contributed by atoms with E-state index < -0.39 is 34.5 Å². The van der Waals surface area contributed by atoms with Gasteiger partial charge in [-0.1, -0.05) is 174 Å². The van der Waals surface area contributed by atoms with Gasteiger partial charge in [0.25, 0.3) is 10.1 Å². The summed E-state index contributed by atoms with van der Waals surface area (Å²) >= 11 is 0. The van der Waals surface area contributed by atoms with Gasteiger partial charge >= 0.3 is 18.3 Å². The Morgan fingerprint density at radius 3 is 0.959 bits per heavy atom. The average molecular weight is 2010 g/mol. The number of carbonyl (C=O) groups excluding carboxylic acids is 3. The van der Waals surface area contributed by atoms with Gasteiger partial charge in [-0.3, -0.25) is 48.3 Å². The molecule has 0 radical (unpaired) electrons. The van der Waals surface area contributed by atoms with Crippen molar-refractivity contribution in [1.29, 1.82) is 0 Å². The van der Waals surface area contributed by atoms with Crippen LogP contribution in [-0.4, -0.2) is 214 Å². The average Bonchev–Trinajstić information content (AvgIpc) is 1.54. The largest absolute Gasteiger partial charge is 0.443 e. The molecule has 0 aliphatic carbocycles. The van der Waals surface area contributed by atoms with Crippen LogP contribution in [0.2, 0.25) is 0 Å². The van der Waals surface area contributed by atoms with Crippen LogP contribution in [-0.2, 0) is 126 Å². The van der Waals surface area contributed by atoms with Crippen molar-refractivity contribution in [3.8, 4) is 5.75 Å². The summed E-state index contributed by atoms with van der Waals surface area (Å²) in [7, 11) is -3.60. The van der Waals surface area contributed by atoms with Gasteiger partial charge in [0.15, 0.2) is 5.75 Å². The first kappa shape index (κ1) is 109. The number of hydrogen-bond donors (Lipinski definition) is 4. The number of cyclic esters (lactones) is 3. The lowest BCUT2D eigenvalue weighted by atomic mass is 9.72. The van der Waals surface area contributed by atoms with Crippen molar-refractivity contribution in [3.05, 3.63) is 318 Å². The van der Waals surface area contributed by atoms with Gasteiger partial charge in [0.05, 0.1) is 38.2 Å². The predicted molar refractivity (Wildman–Crippen MR) is 559 cm³/mol. The van der Waals surface area contributed by atoms with Crippen molar-refractivity contribution in [2.75, 3.05) is 158 Å². The van der Waals surface area contributed by atoms with Crippen molar-refractivity contribution in [1.82, 2.24) is 24.9 Å². The number of nitrogen functional groups attached to an aromatic ring is 1. The highest BCUT2D eigenvalue weighted by Crippen LogP contribution is 2.46. The fourth-order valence-electron chi connectivity index (χ4n) is 22.2. The van der Waals surface area contributed by atoms with Crippen LogP contribution in [0.4, 0.5) is 42.8 Å². The molecule has 10 aromatic rings. The van der Waals surface area contributed by atoms with E-state index in [9.17, 15) is 27.9 Å². The number of benzene rings is 10. The summed E-state index contributed by atoms with van der Waals surface area (Å²) < 4.78 is 43.0. The lowest BCUT2D eigenvalue weighted by molar-refractivity contribution is -0.330. The number of nitrogens with one attached hydrogen (secondary N) is 1. The molecule has 3 amide bonds. The van der Waals surface area contributed by atoms with Gasteiger partial charge in [-0.2, -0.15) is 8.42 Å². The Labute approximate surface area is 853 Å². The van der Waals surface area contributed by atoms with Crippen molar-refractivity contribution < 1.29 is 95.2 Å². The number of rotatable bonds is 36. The zero-order valence-corrected chi connectivity index (χ0v) is 87.6. The Kier molecular flexibility index (Phi) is 36.7. The lowest BCUT2D eigenvalue weighted by Gasteiger charge is -2.49. The maximum Gasteiger partial charge on any atom is 0.414 e. The first-order valence-electron chi connectivity index (χ1n) is 49.4. The number of amides is 3. The smallest absolute Gasteiger partial charge is 0.414 e. The quantitative estimate of drug-likeness (QED) is 0.00414. The summed E-state index contributed by atoms with van der Waals surface area (Å²) in [6.07, 6.45) is -1.61. The van der Waals surface area contributed by atoms with E-state index in [1.165, 1.54) is 66.1 Å². The molecular weight excluding hydrogens is 1860 g/mol. The van der Waals surface area contributed by atoms with Crippen molar-refractivity contribution in [3.63, 3.8) is 0 Å². The molecule has 0 saturated carbocycles. The highest BCUT2D eigenvalue weighted by Gasteiger charge is 2.48. The number of aryl methyl sites for hydroxylation is 10. The summed E-state index contributed by atoms with van der Waals surface area (Å²) in [5.74, 6) is 1.08. The number of nitrogens with zero attached hydrogens (tertiary/aromatic N) is 8. The number of aliphatic imine (C=N–C) groups is 1. The van der Waals surface area contributed by atoms with Gasteiger partial charge in [-0.15, -0.1) is 0 Å². The number of likely N-dealkylation sites (tertiary alicyclic amines) is 4. The second-order valence-electron chi connectivity index (χ2n) is 41.0. The van der Waals surface area contributed by atoms with Gasteiger partial charge in [0, 0.05) is 129 Å². The van der Waals surface area contributed by atoms with Crippen LogP contribution in [0.1, 0.15) is 147 Å². The Hall–Kier alpha value is -11.6. The molecule has 10 aromatic carbocycles. The van der Waals surface area contributed by atoms with Gasteiger partial charge in [0.1, 0.15) is 78.3 Å². The highest BCUT2D eigenvalue weighted by molar-refractivity contribution is 7.86. The minimum absolute atomic E-state index is 0.0225. The van der Waals surface area contributed by atoms with Gasteiger partial charge in [0.2, 0.25) is 5.90 Å². The molecule has 3 atom stereocenters. The molecule has 31 nitrogen and oxygen atoms in total. The van der Waals surface area contributed by atoms with E-state index in [0.29, 0.717) is 90.0 Å². The number of anilines is 4. The van der Waals surface area contributed by atoms with E-state index in [-0.39, 0.29) is 53.6 Å². The third kappa shape index (κ3) is 28.4. The van der Waals surface area contributed by atoms with Crippen molar-refractivity contribution in [2.45, 2.75) is 183 Å². The zero-order valence-electron chi connectivity index (χ0n) is 86.8. The number of aliphatic hydroxyl groups excluding tert-OH is 1. The predicted octanol–water partition coefficient (Wildman–Crippen LogP) is 17.6. The van der Waals surface area contributed by atoms with Gasteiger partial charge in [-0.05, 0) is 248 Å². The molecule has 6 N–H and O–H groups in total. The normalized spacial score (nSPS) is 19.1. The van der Waals surface area contributed by atoms with Crippen LogP contribution >= 0.6 is 0 Å². The van der Waals surface area contributed by atoms with Crippen molar-refractivity contribution in [2.24, 2.45) is 10.7 Å². The number of nitrogens with two attached hydrogens (primary N) is 2. The first-order chi connectivity index (χ1) is 69.3. The van der Waals surface area contributed by atoms with E-state index >= 15 is 0 Å². The Bertz CT molecular complexity index is 5920. The first-order valence-corrected chi connectivity index (χ1v) is 51.2. The minimum atomic E-state index is -3.60. The molecular formula is C113H143N11O20S. The van der Waals surface area contributed by atoms with Crippen LogP contribution in [0.25, 0.3) is 0 Å². The minimum Gasteiger partial charge on any atom is -0.443 e. The van der Waals surface area contributed by atoms with E-state index in [0.717, 1.165) is 145 Å². The monoisotopic (exact) mass is 2010 g/mol. The molecule has 776 valence electrons. The fourth-order valence-corrected chi connectivity index (χ4v) is 22.6. The third-order valence-electron chi connectivity index (χ3n) is 27.6. The summed E-state index contributed by atoms with van der Waals surface area (Å²) in [6, 6.07) is 69.7. The maximum absolute atomic E-state index is 12.4. The third-order valence-corrected chi connectivity index (χ3v) is 28.1. The zero-order chi connectivity index (χ0) is 104. The van der Waals surface area contributed by atoms with Crippen molar-refractivity contribution >= 4 is 62.7 Å². The summed E-state index contributed by atoms with van der Waals surface area (Å²) in [5.41, 5.74) is 39.0. The number of para-hydroxylation sites is 1. The SMILES string of the molecule is CC(=Nc1cc(C)c(C2(C)CN(COOCc3ccccc3)C2)c(C)c1)OOc1ccccc1.Cc1cc(N)cc(C)c1C1(C)CNC1.Cc1cc(N2C[C@H](CN)OC2=O)cc(C)c1C1(C)CN(COOCc2ccccc2)C1.Cc1cc(N2C[C@H](CO)OC2=O)cc(C)c1C1(C)CN(COOCc2ccccc2)C1.Cc1cc(N2C[C@H](COS(C)(=O)=O)OC2=O)cc(C)c1C1(C)CN(COOCc2ccccc2)C1. The lowest BCUT2D eigenvalue weighted by Crippen LogP contribution is -2.58. The molecule has 32 heteroatoms. The summed E-state index contributed by atoms with van der Waals surface area (Å²) in [5, 5.41) is 12.6. The molecule has 0 unspecified atom stereocenters. The molecule has 0 aromatic heterocycles. The number of hydrogen-bond acceptors (Lipinski definition) is 28. The van der Waals surface area contributed by atoms with Crippen LogP contribution < -0.4 is 36.4 Å². The molecule has 8 heterocycles. The second kappa shape index (κ2) is 48.8. The topological polar surface area (TPSA) is 334 Å². The molecule has 145 heavy (non-hydrogen) atoms. The van der Waals surface area contributed by atoms with E-state index in [2.05, 4.69) is 156 Å². The molecule has 8 saturated heterocycles. The van der Waals surface area contributed by atoms with Crippen LogP contribution in [0.15, 0.2) is 217 Å². The van der Waals surface area contributed by atoms with Gasteiger partial charge < -0.3 is 36.1 Å². The Morgan fingerprint density at radius 1 is 0.400 bits per heavy atom. The molecule has 8 aliphatic rings. The molecule has 0 spiro atoms. The maximum atomic E-state index is 12.4. The second-order valence-corrected chi connectivity index (χ2v) is 42.7. The van der Waals surface area contributed by atoms with E-state index in [1.54, 1.807) is 16.7 Å².